The van der Waals surface area contributed by atoms with Gasteiger partial charge in [0.15, 0.2) is 5.17 Å². The quantitative estimate of drug-likeness (QED) is 0.839. The van der Waals surface area contributed by atoms with Crippen LogP contribution in [0, 0.1) is 5.41 Å². The predicted molar refractivity (Wildman–Crippen MR) is 83.7 cm³/mol. The van der Waals surface area contributed by atoms with E-state index in [0.717, 1.165) is 11.8 Å². The fraction of sp³-hybridized carbons (Fsp3) is 0.929. The molecule has 3 aliphatic rings. The zero-order valence-electron chi connectivity index (χ0n) is 11.3. The van der Waals surface area contributed by atoms with Gasteiger partial charge in [-0.3, -0.25) is 4.99 Å². The monoisotopic (exact) mass is 284 g/mol. The first-order valence-electron chi connectivity index (χ1n) is 7.28. The van der Waals surface area contributed by atoms with E-state index in [4.69, 9.17) is 4.99 Å². The Morgan fingerprint density at radius 2 is 2.11 bits per heavy atom. The standard InChI is InChI=1S/C14H24N2S2/c1-17-12-6-4-5-11(12)16-13-15-9-14(10-18-13)7-2-3-8-14/h11-12H,2-10H2,1H3,(H,15,16). The Balaban J connectivity index is 1.56. The Bertz CT molecular complexity index is 324. The topological polar surface area (TPSA) is 24.4 Å². The summed E-state index contributed by atoms with van der Waals surface area (Å²) in [4.78, 5) is 4.86. The van der Waals surface area contributed by atoms with Gasteiger partial charge in [0, 0.05) is 23.6 Å². The molecule has 102 valence electrons. The summed E-state index contributed by atoms with van der Waals surface area (Å²) in [5.41, 5.74) is 0.574. The van der Waals surface area contributed by atoms with Crippen molar-refractivity contribution in [2.75, 3.05) is 18.6 Å². The van der Waals surface area contributed by atoms with Crippen molar-refractivity contribution in [3.63, 3.8) is 0 Å². The van der Waals surface area contributed by atoms with E-state index in [-0.39, 0.29) is 0 Å². The highest BCUT2D eigenvalue weighted by Crippen LogP contribution is 2.43. The maximum Gasteiger partial charge on any atom is 0.156 e. The third kappa shape index (κ3) is 2.69. The number of hydrogen-bond acceptors (Lipinski definition) is 4. The van der Waals surface area contributed by atoms with Gasteiger partial charge in [0.05, 0.1) is 0 Å². The molecule has 0 aromatic carbocycles. The van der Waals surface area contributed by atoms with Gasteiger partial charge in [-0.05, 0) is 37.4 Å². The molecule has 3 rings (SSSR count). The molecule has 1 N–H and O–H groups in total. The summed E-state index contributed by atoms with van der Waals surface area (Å²) >= 11 is 4.01. The summed E-state index contributed by atoms with van der Waals surface area (Å²) < 4.78 is 0. The minimum absolute atomic E-state index is 0.574. The lowest BCUT2D eigenvalue weighted by Gasteiger charge is -2.32. The molecule has 2 fully saturated rings. The fourth-order valence-corrected chi connectivity index (χ4v) is 5.75. The minimum atomic E-state index is 0.574. The number of rotatable bonds is 2. The number of aliphatic imine (C=N–C) groups is 1. The first-order chi connectivity index (χ1) is 8.81. The van der Waals surface area contributed by atoms with Gasteiger partial charge in [-0.1, -0.05) is 31.0 Å². The molecule has 0 amide bonds. The first-order valence-corrected chi connectivity index (χ1v) is 9.55. The highest BCUT2D eigenvalue weighted by molar-refractivity contribution is 8.13. The van der Waals surface area contributed by atoms with Gasteiger partial charge in [-0.2, -0.15) is 11.8 Å². The molecule has 2 saturated carbocycles. The van der Waals surface area contributed by atoms with Gasteiger partial charge in [-0.15, -0.1) is 0 Å². The third-order valence-electron chi connectivity index (χ3n) is 4.80. The van der Waals surface area contributed by atoms with Crippen molar-refractivity contribution < 1.29 is 0 Å². The van der Waals surface area contributed by atoms with Crippen LogP contribution < -0.4 is 5.32 Å². The average Bonchev–Trinajstić information content (AvgIpc) is 3.02. The summed E-state index contributed by atoms with van der Waals surface area (Å²) in [6.45, 7) is 1.08. The minimum Gasteiger partial charge on any atom is -0.361 e. The fourth-order valence-electron chi connectivity index (χ4n) is 3.60. The number of thioether (sulfide) groups is 2. The van der Waals surface area contributed by atoms with Crippen LogP contribution in [0.15, 0.2) is 4.99 Å². The van der Waals surface area contributed by atoms with E-state index < -0.39 is 0 Å². The molecule has 0 aromatic rings. The molecule has 1 heterocycles. The van der Waals surface area contributed by atoms with Gasteiger partial charge in [-0.25, -0.2) is 0 Å². The molecular weight excluding hydrogens is 260 g/mol. The molecule has 0 radical (unpaired) electrons. The van der Waals surface area contributed by atoms with E-state index in [0.29, 0.717) is 11.5 Å². The van der Waals surface area contributed by atoms with Crippen LogP contribution in [0.3, 0.4) is 0 Å². The zero-order chi connectivity index (χ0) is 12.4. The SMILES string of the molecule is CSC1CCCC1NC1=NCC2(CCCC2)CS1. The molecule has 2 aliphatic carbocycles. The van der Waals surface area contributed by atoms with Crippen LogP contribution in [0.5, 0.6) is 0 Å². The lowest BCUT2D eigenvalue weighted by atomic mass is 9.89. The van der Waals surface area contributed by atoms with Crippen molar-refractivity contribution in [3.8, 4) is 0 Å². The molecule has 2 unspecified atom stereocenters. The average molecular weight is 284 g/mol. The summed E-state index contributed by atoms with van der Waals surface area (Å²) in [5.74, 6) is 1.30. The number of hydrogen-bond donors (Lipinski definition) is 1. The molecule has 0 aromatic heterocycles. The molecule has 18 heavy (non-hydrogen) atoms. The number of nitrogens with one attached hydrogen (secondary N) is 1. The molecule has 1 aliphatic heterocycles. The normalized spacial score (nSPS) is 34.8. The maximum atomic E-state index is 4.86. The molecule has 0 saturated heterocycles. The summed E-state index contributed by atoms with van der Waals surface area (Å²) in [5, 5.41) is 5.75. The second kappa shape index (κ2) is 5.66. The lowest BCUT2D eigenvalue weighted by molar-refractivity contribution is 0.358. The van der Waals surface area contributed by atoms with Crippen LogP contribution in [0.2, 0.25) is 0 Å². The van der Waals surface area contributed by atoms with Crippen molar-refractivity contribution in [2.24, 2.45) is 10.4 Å². The Labute approximate surface area is 119 Å². The second-order valence-corrected chi connectivity index (χ2v) is 8.11. The predicted octanol–water partition coefficient (Wildman–Crippen LogP) is 3.52. The zero-order valence-corrected chi connectivity index (χ0v) is 12.9. The molecule has 2 atom stereocenters. The summed E-state index contributed by atoms with van der Waals surface area (Å²) in [7, 11) is 0. The van der Waals surface area contributed by atoms with E-state index in [2.05, 4.69) is 11.6 Å². The first kappa shape index (κ1) is 13.2. The molecular formula is C14H24N2S2. The van der Waals surface area contributed by atoms with Gasteiger partial charge in [0.25, 0.3) is 0 Å². The smallest absolute Gasteiger partial charge is 0.156 e. The van der Waals surface area contributed by atoms with Gasteiger partial charge >= 0.3 is 0 Å². The Kier molecular flexibility index (Phi) is 4.14. The summed E-state index contributed by atoms with van der Waals surface area (Å²) in [6.07, 6.45) is 12.0. The lowest BCUT2D eigenvalue weighted by Crippen LogP contribution is -2.41. The van der Waals surface area contributed by atoms with E-state index in [1.165, 1.54) is 55.9 Å². The van der Waals surface area contributed by atoms with Crippen molar-refractivity contribution in [1.29, 1.82) is 0 Å². The molecule has 1 spiro atoms. The number of nitrogens with zero attached hydrogens (tertiary/aromatic N) is 1. The maximum absolute atomic E-state index is 4.86. The third-order valence-corrected chi connectivity index (χ3v) is 7.25. The highest BCUT2D eigenvalue weighted by atomic mass is 32.2. The Morgan fingerprint density at radius 1 is 1.28 bits per heavy atom. The Morgan fingerprint density at radius 3 is 2.78 bits per heavy atom. The molecule has 0 bridgehead atoms. The molecule has 4 heteroatoms. The van der Waals surface area contributed by atoms with Crippen LogP contribution in [0.1, 0.15) is 44.9 Å². The van der Waals surface area contributed by atoms with Crippen molar-refractivity contribution in [3.05, 3.63) is 0 Å². The van der Waals surface area contributed by atoms with Crippen LogP contribution in [-0.2, 0) is 0 Å². The van der Waals surface area contributed by atoms with Crippen LogP contribution in [0.25, 0.3) is 0 Å². The highest BCUT2D eigenvalue weighted by Gasteiger charge is 2.37. The van der Waals surface area contributed by atoms with Crippen molar-refractivity contribution in [2.45, 2.75) is 56.2 Å². The van der Waals surface area contributed by atoms with Crippen LogP contribution in [-0.4, -0.2) is 35.0 Å². The number of amidine groups is 1. The van der Waals surface area contributed by atoms with Crippen LogP contribution in [0.4, 0.5) is 0 Å². The van der Waals surface area contributed by atoms with E-state index >= 15 is 0 Å². The van der Waals surface area contributed by atoms with Crippen molar-refractivity contribution in [1.82, 2.24) is 5.32 Å². The van der Waals surface area contributed by atoms with Gasteiger partial charge in [0.1, 0.15) is 0 Å². The van der Waals surface area contributed by atoms with E-state index in [1.54, 1.807) is 0 Å². The van der Waals surface area contributed by atoms with E-state index in [9.17, 15) is 0 Å². The Hall–Kier alpha value is 0.170. The molecule has 2 nitrogen and oxygen atoms in total. The van der Waals surface area contributed by atoms with Gasteiger partial charge in [0.2, 0.25) is 0 Å². The summed E-state index contributed by atoms with van der Waals surface area (Å²) in [6, 6.07) is 0.670. The van der Waals surface area contributed by atoms with Crippen molar-refractivity contribution >= 4 is 28.7 Å². The van der Waals surface area contributed by atoms with Crippen LogP contribution >= 0.6 is 23.5 Å². The second-order valence-electron chi connectivity index (χ2n) is 6.07. The largest absolute Gasteiger partial charge is 0.361 e. The van der Waals surface area contributed by atoms with Gasteiger partial charge < -0.3 is 5.32 Å². The van der Waals surface area contributed by atoms with E-state index in [1.807, 2.05) is 23.5 Å².